The molecule has 1 amide bonds. The van der Waals surface area contributed by atoms with E-state index in [1.165, 1.54) is 17.0 Å². The third-order valence-corrected chi connectivity index (χ3v) is 5.41. The van der Waals surface area contributed by atoms with E-state index in [1.807, 2.05) is 17.0 Å². The molecule has 0 unspecified atom stereocenters. The van der Waals surface area contributed by atoms with Gasteiger partial charge in [-0.25, -0.2) is 8.78 Å². The first-order valence-corrected chi connectivity index (χ1v) is 9.40. The molecule has 3 atom stereocenters. The van der Waals surface area contributed by atoms with Gasteiger partial charge in [-0.05, 0) is 30.7 Å². The van der Waals surface area contributed by atoms with Crippen molar-refractivity contribution >= 4 is 22.5 Å². The van der Waals surface area contributed by atoms with E-state index in [1.54, 1.807) is 12.3 Å². The largest absolute Gasteiger partial charge is 0.380 e. The molecule has 2 aliphatic heterocycles. The van der Waals surface area contributed by atoms with E-state index in [-0.39, 0.29) is 37.3 Å². The number of carbonyl (C=O) groups is 1. The number of fused-ring (bicyclic) bond motifs is 1. The first-order valence-electron chi connectivity index (χ1n) is 9.40. The van der Waals surface area contributed by atoms with Crippen LogP contribution in [0.25, 0.3) is 10.9 Å². The highest BCUT2D eigenvalue weighted by Gasteiger charge is 2.36. The molecule has 6 nitrogen and oxygen atoms in total. The molecule has 0 spiro atoms. The molecule has 2 saturated heterocycles. The highest BCUT2D eigenvalue weighted by Crippen LogP contribution is 2.25. The molecular formula is C20H21F2N5O. The number of carbonyl (C=O) groups excluding carboxylic acids is 1. The van der Waals surface area contributed by atoms with Gasteiger partial charge in [0.1, 0.15) is 18.0 Å². The minimum absolute atomic E-state index is 0.00114. The zero-order chi connectivity index (χ0) is 19.7. The van der Waals surface area contributed by atoms with Gasteiger partial charge in [-0.2, -0.15) is 5.26 Å². The second-order valence-electron chi connectivity index (χ2n) is 7.41. The zero-order valence-electron chi connectivity index (χ0n) is 15.3. The van der Waals surface area contributed by atoms with Crippen molar-refractivity contribution in [2.24, 2.45) is 0 Å². The lowest BCUT2D eigenvalue weighted by atomic mass is 10.1. The van der Waals surface area contributed by atoms with Crippen LogP contribution in [0.3, 0.4) is 0 Å². The Kier molecular flexibility index (Phi) is 5.09. The lowest BCUT2D eigenvalue weighted by Gasteiger charge is -2.23. The van der Waals surface area contributed by atoms with Crippen LogP contribution in [0.5, 0.6) is 0 Å². The van der Waals surface area contributed by atoms with Crippen molar-refractivity contribution in [2.45, 2.75) is 31.1 Å². The standard InChI is InChI=1S/C20H21F2N5O/c21-13-1-2-18-17(8-13)19(3-5-24-18)25-15-4-6-26(11-15)12-20(28)27-10-14(22)7-16(27)9-23/h1-3,5,8,14-16H,4,6-7,10-12H2,(H,24,25)/t14-,15+,16-/m0/s1. The number of aromatic nitrogens is 1. The second kappa shape index (κ2) is 7.68. The van der Waals surface area contributed by atoms with Crippen LogP contribution in [0.1, 0.15) is 12.8 Å². The minimum atomic E-state index is -1.12. The summed E-state index contributed by atoms with van der Waals surface area (Å²) in [5.74, 6) is -0.519. The fourth-order valence-corrected chi connectivity index (χ4v) is 4.02. The number of hydrogen-bond acceptors (Lipinski definition) is 5. The molecule has 0 saturated carbocycles. The summed E-state index contributed by atoms with van der Waals surface area (Å²) >= 11 is 0. The third-order valence-electron chi connectivity index (χ3n) is 5.41. The van der Waals surface area contributed by atoms with Crippen molar-refractivity contribution in [1.29, 1.82) is 5.26 Å². The number of hydrogen-bond donors (Lipinski definition) is 1. The number of amides is 1. The predicted molar refractivity (Wildman–Crippen MR) is 101 cm³/mol. The van der Waals surface area contributed by atoms with E-state index >= 15 is 0 Å². The van der Waals surface area contributed by atoms with E-state index in [0.29, 0.717) is 12.1 Å². The molecule has 2 fully saturated rings. The van der Waals surface area contributed by atoms with Gasteiger partial charge >= 0.3 is 0 Å². The first kappa shape index (κ1) is 18.6. The van der Waals surface area contributed by atoms with Crippen molar-refractivity contribution in [2.75, 3.05) is 31.5 Å². The van der Waals surface area contributed by atoms with Gasteiger partial charge in [0, 0.05) is 42.8 Å². The molecule has 2 aliphatic rings. The van der Waals surface area contributed by atoms with Crippen LogP contribution in [0.15, 0.2) is 30.5 Å². The van der Waals surface area contributed by atoms with E-state index < -0.39 is 12.2 Å². The number of rotatable bonds is 4. The molecule has 146 valence electrons. The Hall–Kier alpha value is -2.79. The third kappa shape index (κ3) is 3.76. The van der Waals surface area contributed by atoms with E-state index in [4.69, 9.17) is 5.26 Å². The maximum atomic E-state index is 13.6. The van der Waals surface area contributed by atoms with E-state index in [9.17, 15) is 13.6 Å². The van der Waals surface area contributed by atoms with Crippen LogP contribution in [-0.4, -0.2) is 65.1 Å². The molecule has 1 N–H and O–H groups in total. The molecule has 1 aromatic carbocycles. The summed E-state index contributed by atoms with van der Waals surface area (Å²) in [6.07, 6.45) is 1.49. The van der Waals surface area contributed by atoms with Gasteiger partial charge in [-0.1, -0.05) is 0 Å². The van der Waals surface area contributed by atoms with Gasteiger partial charge in [0.15, 0.2) is 0 Å². The van der Waals surface area contributed by atoms with E-state index in [0.717, 1.165) is 24.0 Å². The number of nitrogens with zero attached hydrogens (tertiary/aromatic N) is 4. The monoisotopic (exact) mass is 385 g/mol. The van der Waals surface area contributed by atoms with Crippen molar-refractivity contribution in [3.63, 3.8) is 0 Å². The van der Waals surface area contributed by atoms with Crippen LogP contribution in [-0.2, 0) is 4.79 Å². The van der Waals surface area contributed by atoms with Gasteiger partial charge in [0.2, 0.25) is 5.91 Å². The average molecular weight is 385 g/mol. The SMILES string of the molecule is N#C[C@@H]1C[C@H](F)CN1C(=O)CN1CC[C@@H](Nc2ccnc3ccc(F)cc23)C1. The fraction of sp³-hybridized carbons (Fsp3) is 0.450. The smallest absolute Gasteiger partial charge is 0.237 e. The van der Waals surface area contributed by atoms with Crippen LogP contribution >= 0.6 is 0 Å². The van der Waals surface area contributed by atoms with Gasteiger partial charge in [-0.3, -0.25) is 14.7 Å². The quantitative estimate of drug-likeness (QED) is 0.875. The summed E-state index contributed by atoms with van der Waals surface area (Å²) in [5.41, 5.74) is 1.53. The summed E-state index contributed by atoms with van der Waals surface area (Å²) in [6.45, 7) is 1.55. The summed E-state index contributed by atoms with van der Waals surface area (Å²) in [6, 6.07) is 7.77. The molecule has 3 heterocycles. The second-order valence-corrected chi connectivity index (χ2v) is 7.41. The number of nitriles is 1. The highest BCUT2D eigenvalue weighted by molar-refractivity contribution is 5.91. The number of pyridine rings is 1. The average Bonchev–Trinajstić information content (AvgIpc) is 3.28. The molecule has 4 rings (SSSR count). The van der Waals surface area contributed by atoms with Gasteiger partial charge in [0.05, 0.1) is 24.7 Å². The van der Waals surface area contributed by atoms with Crippen LogP contribution in [0, 0.1) is 17.1 Å². The molecule has 0 radical (unpaired) electrons. The maximum absolute atomic E-state index is 13.6. The molecule has 8 heteroatoms. The fourth-order valence-electron chi connectivity index (χ4n) is 4.02. The number of anilines is 1. The number of alkyl halides is 1. The summed E-state index contributed by atoms with van der Waals surface area (Å²) in [7, 11) is 0. The number of nitrogens with one attached hydrogen (secondary N) is 1. The zero-order valence-corrected chi connectivity index (χ0v) is 15.3. The molecule has 0 aliphatic carbocycles. The summed E-state index contributed by atoms with van der Waals surface area (Å²) < 4.78 is 27.2. The molecule has 28 heavy (non-hydrogen) atoms. The Morgan fingerprint density at radius 2 is 2.21 bits per heavy atom. The normalized spacial score (nSPS) is 25.2. The van der Waals surface area contributed by atoms with Crippen molar-refractivity contribution in [3.8, 4) is 6.07 Å². The van der Waals surface area contributed by atoms with Gasteiger partial charge < -0.3 is 10.2 Å². The number of halogens is 2. The van der Waals surface area contributed by atoms with Crippen LogP contribution < -0.4 is 5.32 Å². The lowest BCUT2D eigenvalue weighted by molar-refractivity contribution is -0.132. The van der Waals surface area contributed by atoms with E-state index in [2.05, 4.69) is 10.3 Å². The van der Waals surface area contributed by atoms with Gasteiger partial charge in [-0.15, -0.1) is 0 Å². The topological polar surface area (TPSA) is 72.3 Å². The molecule has 1 aromatic heterocycles. The minimum Gasteiger partial charge on any atom is -0.380 e. The predicted octanol–water partition coefficient (Wildman–Crippen LogP) is 2.32. The Balaban J connectivity index is 1.38. The van der Waals surface area contributed by atoms with Crippen LogP contribution in [0.2, 0.25) is 0 Å². The molecule has 2 aromatic rings. The summed E-state index contributed by atoms with van der Waals surface area (Å²) in [4.78, 5) is 20.1. The number of likely N-dealkylation sites (tertiary alicyclic amines) is 2. The van der Waals surface area contributed by atoms with Crippen molar-refractivity contribution in [3.05, 3.63) is 36.3 Å². The highest BCUT2D eigenvalue weighted by atomic mass is 19.1. The number of benzene rings is 1. The van der Waals surface area contributed by atoms with Crippen molar-refractivity contribution in [1.82, 2.24) is 14.8 Å². The maximum Gasteiger partial charge on any atom is 0.237 e. The first-order chi connectivity index (χ1) is 13.5. The lowest BCUT2D eigenvalue weighted by Crippen LogP contribution is -2.42. The summed E-state index contributed by atoms with van der Waals surface area (Å²) in [5, 5.41) is 13.3. The Morgan fingerprint density at radius 1 is 1.36 bits per heavy atom. The van der Waals surface area contributed by atoms with Gasteiger partial charge in [0.25, 0.3) is 0 Å². The Labute approximate surface area is 161 Å². The Morgan fingerprint density at radius 3 is 3.04 bits per heavy atom. The van der Waals surface area contributed by atoms with Crippen molar-refractivity contribution < 1.29 is 13.6 Å². The molecule has 0 bridgehead atoms. The molecular weight excluding hydrogens is 364 g/mol. The Bertz CT molecular complexity index is 930. The van der Waals surface area contributed by atoms with Crippen LogP contribution in [0.4, 0.5) is 14.5 Å².